The van der Waals surface area contributed by atoms with Crippen LogP contribution in [0.1, 0.15) is 25.8 Å². The van der Waals surface area contributed by atoms with Crippen LogP contribution >= 0.6 is 0 Å². The molecule has 1 amide bonds. The Morgan fingerprint density at radius 1 is 1.37 bits per heavy atom. The molecular weight excluding hydrogens is 242 g/mol. The largest absolute Gasteiger partial charge is 0.464 e. The first kappa shape index (κ1) is 13.6. The average Bonchev–Trinajstić information content (AvgIpc) is 2.81. The van der Waals surface area contributed by atoms with Crippen molar-refractivity contribution >= 4 is 16.9 Å². The number of amides is 1. The number of furan rings is 1. The van der Waals surface area contributed by atoms with Crippen LogP contribution in [0.5, 0.6) is 0 Å². The lowest BCUT2D eigenvalue weighted by Crippen LogP contribution is -2.36. The van der Waals surface area contributed by atoms with Crippen LogP contribution in [0.15, 0.2) is 34.9 Å². The van der Waals surface area contributed by atoms with Crippen LogP contribution in [0.3, 0.4) is 0 Å². The van der Waals surface area contributed by atoms with Crippen molar-refractivity contribution in [1.82, 2.24) is 5.32 Å². The van der Waals surface area contributed by atoms with Crippen molar-refractivity contribution in [2.24, 2.45) is 0 Å². The number of aliphatic hydroxyl groups is 1. The number of hydrogen-bond donors (Lipinski definition) is 2. The molecule has 0 saturated heterocycles. The maximum atomic E-state index is 11.4. The Balaban J connectivity index is 2.17. The molecule has 4 heteroatoms. The smallest absolute Gasteiger partial charge is 0.222 e. The molecule has 0 aliphatic rings. The highest BCUT2D eigenvalue weighted by molar-refractivity contribution is 5.82. The number of para-hydroxylation sites is 1. The average molecular weight is 261 g/mol. The summed E-state index contributed by atoms with van der Waals surface area (Å²) in [5.74, 6) is -0.136. The second-order valence-electron chi connectivity index (χ2n) is 5.28. The van der Waals surface area contributed by atoms with Gasteiger partial charge in [-0.3, -0.25) is 4.79 Å². The molecule has 0 unspecified atom stereocenters. The van der Waals surface area contributed by atoms with E-state index < -0.39 is 0 Å². The van der Waals surface area contributed by atoms with Crippen molar-refractivity contribution in [3.8, 4) is 0 Å². The molecule has 2 aromatic rings. The number of carbonyl (C=O) groups is 1. The maximum Gasteiger partial charge on any atom is 0.222 e. The van der Waals surface area contributed by atoms with Crippen LogP contribution < -0.4 is 5.32 Å². The van der Waals surface area contributed by atoms with E-state index in [4.69, 9.17) is 9.52 Å². The fraction of sp³-hybridized carbons (Fsp3) is 0.400. The Morgan fingerprint density at radius 2 is 2.11 bits per heavy atom. The summed E-state index contributed by atoms with van der Waals surface area (Å²) in [6.07, 6.45) is 1.89. The van der Waals surface area contributed by atoms with Crippen molar-refractivity contribution in [1.29, 1.82) is 0 Å². The number of aliphatic hydroxyl groups excluding tert-OH is 1. The van der Waals surface area contributed by atoms with Crippen LogP contribution in [-0.2, 0) is 10.2 Å². The van der Waals surface area contributed by atoms with E-state index in [-0.39, 0.29) is 24.3 Å². The van der Waals surface area contributed by atoms with Gasteiger partial charge in [0.25, 0.3) is 0 Å². The van der Waals surface area contributed by atoms with Crippen LogP contribution in [0.25, 0.3) is 11.0 Å². The molecule has 1 aromatic heterocycles. The molecule has 2 rings (SSSR count). The Labute approximate surface area is 112 Å². The van der Waals surface area contributed by atoms with E-state index in [1.165, 1.54) is 0 Å². The summed E-state index contributed by atoms with van der Waals surface area (Å²) in [7, 11) is 0. The molecule has 0 bridgehead atoms. The van der Waals surface area contributed by atoms with E-state index in [9.17, 15) is 4.79 Å². The maximum absolute atomic E-state index is 11.4. The highest BCUT2D eigenvalue weighted by Crippen LogP contribution is 2.31. The third-order valence-corrected chi connectivity index (χ3v) is 3.28. The van der Waals surface area contributed by atoms with Crippen molar-refractivity contribution in [2.45, 2.75) is 25.7 Å². The molecule has 102 valence electrons. The normalized spacial score (nSPS) is 11.7. The van der Waals surface area contributed by atoms with Gasteiger partial charge in [-0.2, -0.15) is 0 Å². The molecule has 0 radical (unpaired) electrons. The van der Waals surface area contributed by atoms with Gasteiger partial charge in [0, 0.05) is 29.3 Å². The van der Waals surface area contributed by atoms with E-state index >= 15 is 0 Å². The van der Waals surface area contributed by atoms with E-state index in [2.05, 4.69) is 19.2 Å². The predicted molar refractivity (Wildman–Crippen MR) is 74.0 cm³/mol. The summed E-state index contributed by atoms with van der Waals surface area (Å²) in [6.45, 7) is 4.50. The lowest BCUT2D eigenvalue weighted by Gasteiger charge is -2.24. The van der Waals surface area contributed by atoms with Gasteiger partial charge in [0.1, 0.15) is 5.58 Å². The lowest BCUT2D eigenvalue weighted by molar-refractivity contribution is -0.121. The van der Waals surface area contributed by atoms with E-state index in [0.717, 1.165) is 16.5 Å². The number of nitrogens with one attached hydrogen (secondary N) is 1. The second kappa shape index (κ2) is 5.45. The quantitative estimate of drug-likeness (QED) is 0.867. The van der Waals surface area contributed by atoms with Crippen molar-refractivity contribution in [2.75, 3.05) is 13.2 Å². The molecule has 19 heavy (non-hydrogen) atoms. The number of fused-ring (bicyclic) bond motifs is 1. The molecule has 2 N–H and O–H groups in total. The topological polar surface area (TPSA) is 62.5 Å². The summed E-state index contributed by atoms with van der Waals surface area (Å²) in [6, 6.07) is 7.86. The summed E-state index contributed by atoms with van der Waals surface area (Å²) in [5.41, 5.74) is 1.71. The monoisotopic (exact) mass is 261 g/mol. The first-order valence-electron chi connectivity index (χ1n) is 6.39. The van der Waals surface area contributed by atoms with Crippen molar-refractivity contribution in [3.05, 3.63) is 36.1 Å². The minimum absolute atomic E-state index is 0.124. The van der Waals surface area contributed by atoms with Crippen molar-refractivity contribution < 1.29 is 14.3 Å². The molecule has 0 aliphatic carbocycles. The summed E-state index contributed by atoms with van der Waals surface area (Å²) in [5, 5.41) is 12.6. The molecule has 0 aliphatic heterocycles. The summed E-state index contributed by atoms with van der Waals surface area (Å²) < 4.78 is 5.54. The Kier molecular flexibility index (Phi) is 3.90. The van der Waals surface area contributed by atoms with Gasteiger partial charge in [0.15, 0.2) is 0 Å². The number of carbonyl (C=O) groups excluding carboxylic acids is 1. The molecule has 0 spiro atoms. The Hall–Kier alpha value is -1.81. The SMILES string of the molecule is CC(C)(CNC(=O)CCO)c1coc2ccccc12. The summed E-state index contributed by atoms with van der Waals surface area (Å²) >= 11 is 0. The second-order valence-corrected chi connectivity index (χ2v) is 5.28. The zero-order chi connectivity index (χ0) is 13.9. The number of rotatable bonds is 5. The zero-order valence-corrected chi connectivity index (χ0v) is 11.3. The number of hydrogen-bond acceptors (Lipinski definition) is 3. The standard InChI is InChI=1S/C15H19NO3/c1-15(2,10-16-14(18)7-8-17)12-9-19-13-6-4-3-5-11(12)13/h3-6,9,17H,7-8,10H2,1-2H3,(H,16,18). The van der Waals surface area contributed by atoms with Crippen LogP contribution in [0, 0.1) is 0 Å². The first-order chi connectivity index (χ1) is 9.04. The molecule has 0 saturated carbocycles. The van der Waals surface area contributed by atoms with Gasteiger partial charge in [-0.1, -0.05) is 32.0 Å². The molecule has 1 aromatic carbocycles. The van der Waals surface area contributed by atoms with Gasteiger partial charge in [0.2, 0.25) is 5.91 Å². The van der Waals surface area contributed by atoms with Gasteiger partial charge < -0.3 is 14.8 Å². The van der Waals surface area contributed by atoms with E-state index in [0.29, 0.717) is 6.54 Å². The zero-order valence-electron chi connectivity index (χ0n) is 11.3. The minimum atomic E-state index is -0.224. The van der Waals surface area contributed by atoms with E-state index in [1.54, 1.807) is 6.26 Å². The van der Waals surface area contributed by atoms with Crippen molar-refractivity contribution in [3.63, 3.8) is 0 Å². The molecular formula is C15H19NO3. The number of benzene rings is 1. The first-order valence-corrected chi connectivity index (χ1v) is 6.39. The van der Waals surface area contributed by atoms with E-state index in [1.807, 2.05) is 24.3 Å². The Bertz CT molecular complexity index is 572. The van der Waals surface area contributed by atoms with Gasteiger partial charge >= 0.3 is 0 Å². The van der Waals surface area contributed by atoms with Crippen LogP contribution in [0.4, 0.5) is 0 Å². The summed E-state index contributed by atoms with van der Waals surface area (Å²) in [4.78, 5) is 11.4. The van der Waals surface area contributed by atoms with Gasteiger partial charge in [-0.25, -0.2) is 0 Å². The highest BCUT2D eigenvalue weighted by Gasteiger charge is 2.25. The predicted octanol–water partition coefficient (Wildman–Crippen LogP) is 2.21. The lowest BCUT2D eigenvalue weighted by atomic mass is 9.84. The van der Waals surface area contributed by atoms with Crippen LogP contribution in [0.2, 0.25) is 0 Å². The van der Waals surface area contributed by atoms with Gasteiger partial charge in [-0.15, -0.1) is 0 Å². The molecule has 0 fully saturated rings. The van der Waals surface area contributed by atoms with Gasteiger partial charge in [-0.05, 0) is 6.07 Å². The van der Waals surface area contributed by atoms with Gasteiger partial charge in [0.05, 0.1) is 12.9 Å². The molecule has 0 atom stereocenters. The molecule has 1 heterocycles. The minimum Gasteiger partial charge on any atom is -0.464 e. The third-order valence-electron chi connectivity index (χ3n) is 3.28. The molecule has 4 nitrogen and oxygen atoms in total. The van der Waals surface area contributed by atoms with Crippen LogP contribution in [-0.4, -0.2) is 24.2 Å². The highest BCUT2D eigenvalue weighted by atomic mass is 16.3. The fourth-order valence-electron chi connectivity index (χ4n) is 2.11. The fourth-order valence-corrected chi connectivity index (χ4v) is 2.11. The third kappa shape index (κ3) is 2.96. The Morgan fingerprint density at radius 3 is 2.84 bits per heavy atom.